The molecule has 0 N–H and O–H groups in total. The Labute approximate surface area is 72.4 Å². The van der Waals surface area contributed by atoms with E-state index in [4.69, 9.17) is 0 Å². The Hall–Kier alpha value is -0.130. The summed E-state index contributed by atoms with van der Waals surface area (Å²) in [5.74, 6) is 1.82. The molecular formula is C11H23+. The van der Waals surface area contributed by atoms with Crippen LogP contribution in [-0.4, -0.2) is 0 Å². The van der Waals surface area contributed by atoms with Crippen molar-refractivity contribution in [3.63, 3.8) is 0 Å². The zero-order valence-corrected chi connectivity index (χ0v) is 8.56. The van der Waals surface area contributed by atoms with E-state index < -0.39 is 0 Å². The van der Waals surface area contributed by atoms with Gasteiger partial charge in [0.15, 0.2) is 0 Å². The number of rotatable bonds is 6. The van der Waals surface area contributed by atoms with Crippen LogP contribution < -0.4 is 0 Å². The summed E-state index contributed by atoms with van der Waals surface area (Å²) in [4.78, 5) is 0. The minimum absolute atomic E-state index is 0.867. The van der Waals surface area contributed by atoms with Gasteiger partial charge >= 0.3 is 0 Å². The highest BCUT2D eigenvalue weighted by molar-refractivity contribution is 4.67. The van der Waals surface area contributed by atoms with Crippen LogP contribution in [0.25, 0.3) is 0 Å². The van der Waals surface area contributed by atoms with Crippen LogP contribution in [0.4, 0.5) is 0 Å². The molecule has 0 fully saturated rings. The van der Waals surface area contributed by atoms with Gasteiger partial charge in [-0.3, -0.25) is 0 Å². The van der Waals surface area contributed by atoms with E-state index >= 15 is 0 Å². The van der Waals surface area contributed by atoms with Crippen molar-refractivity contribution in [2.75, 3.05) is 0 Å². The molecule has 0 saturated carbocycles. The average molecular weight is 155 g/mol. The fourth-order valence-electron chi connectivity index (χ4n) is 1.74. The van der Waals surface area contributed by atoms with Gasteiger partial charge in [-0.15, -0.1) is 0 Å². The van der Waals surface area contributed by atoms with Crippen molar-refractivity contribution in [2.45, 2.75) is 53.4 Å². The summed E-state index contributed by atoms with van der Waals surface area (Å²) in [6.07, 6.45) is 7.76. The zero-order chi connectivity index (χ0) is 8.69. The summed E-state index contributed by atoms with van der Waals surface area (Å²) < 4.78 is 0. The monoisotopic (exact) mass is 155 g/mol. The molecule has 0 spiro atoms. The lowest BCUT2D eigenvalue weighted by Gasteiger charge is -2.13. The van der Waals surface area contributed by atoms with Crippen LogP contribution in [-0.2, 0) is 0 Å². The lowest BCUT2D eigenvalue weighted by molar-refractivity contribution is 0.378. The molecule has 0 heteroatoms. The van der Waals surface area contributed by atoms with Gasteiger partial charge in [0, 0.05) is 0 Å². The second kappa shape index (κ2) is 6.57. The number of hydrogen-bond donors (Lipinski definition) is 0. The van der Waals surface area contributed by atoms with Gasteiger partial charge in [-0.05, 0) is 24.7 Å². The average Bonchev–Trinajstić information content (AvgIpc) is 1.87. The summed E-state index contributed by atoms with van der Waals surface area (Å²) >= 11 is 0. The Kier molecular flexibility index (Phi) is 6.49. The summed E-state index contributed by atoms with van der Waals surface area (Å²) in [5.41, 5.74) is 0. The molecule has 0 aliphatic rings. The van der Waals surface area contributed by atoms with Crippen LogP contribution in [0.2, 0.25) is 0 Å². The van der Waals surface area contributed by atoms with Crippen molar-refractivity contribution in [1.29, 1.82) is 0 Å². The first-order valence-corrected chi connectivity index (χ1v) is 4.98. The third-order valence-corrected chi connectivity index (χ3v) is 2.07. The Bertz CT molecular complexity index is 68.1. The van der Waals surface area contributed by atoms with Crippen LogP contribution >= 0.6 is 0 Å². The molecule has 66 valence electrons. The highest BCUT2D eigenvalue weighted by atomic mass is 14.1. The van der Waals surface area contributed by atoms with E-state index in [-0.39, 0.29) is 0 Å². The maximum absolute atomic E-state index is 2.32. The van der Waals surface area contributed by atoms with Gasteiger partial charge in [0.1, 0.15) is 0 Å². The Balaban J connectivity index is 3.50. The fraction of sp³-hybridized carbons (Fsp3) is 0.909. The smallest absolute Gasteiger partial charge is 0.0654 e. The van der Waals surface area contributed by atoms with E-state index in [0.717, 1.165) is 11.8 Å². The standard InChI is InChI=1S/C11H23/c1-5-7-11(8-6-2)9-10(3)4/h5,10-11H,6-9H2,1-4H3/q+1. The van der Waals surface area contributed by atoms with Crippen molar-refractivity contribution < 1.29 is 0 Å². The Morgan fingerprint density at radius 3 is 2.27 bits per heavy atom. The molecule has 11 heavy (non-hydrogen) atoms. The quantitative estimate of drug-likeness (QED) is 0.507. The predicted molar refractivity (Wildman–Crippen MR) is 52.4 cm³/mol. The molecule has 0 saturated heterocycles. The third-order valence-electron chi connectivity index (χ3n) is 2.07. The minimum atomic E-state index is 0.867. The summed E-state index contributed by atoms with van der Waals surface area (Å²) in [6.45, 7) is 9.09. The van der Waals surface area contributed by atoms with Crippen LogP contribution in [0.15, 0.2) is 0 Å². The zero-order valence-electron chi connectivity index (χ0n) is 8.56. The molecule has 0 radical (unpaired) electrons. The molecule has 0 aromatic heterocycles. The van der Waals surface area contributed by atoms with E-state index in [1.54, 1.807) is 0 Å². The Morgan fingerprint density at radius 1 is 1.27 bits per heavy atom. The van der Waals surface area contributed by atoms with Crippen LogP contribution in [0.1, 0.15) is 53.4 Å². The highest BCUT2D eigenvalue weighted by Gasteiger charge is 2.12. The van der Waals surface area contributed by atoms with Gasteiger partial charge in [0.05, 0.1) is 19.8 Å². The van der Waals surface area contributed by atoms with Crippen molar-refractivity contribution in [3.8, 4) is 0 Å². The Morgan fingerprint density at radius 2 is 1.91 bits per heavy atom. The van der Waals surface area contributed by atoms with E-state index in [1.165, 1.54) is 25.7 Å². The predicted octanol–water partition coefficient (Wildman–Crippen LogP) is 4.06. The van der Waals surface area contributed by atoms with Gasteiger partial charge in [-0.2, -0.15) is 0 Å². The SMILES string of the molecule is C[CH+]CC(CCC)CC(C)C. The van der Waals surface area contributed by atoms with Crippen molar-refractivity contribution in [2.24, 2.45) is 11.8 Å². The molecule has 0 aliphatic carbocycles. The molecule has 0 heterocycles. The molecule has 0 aromatic carbocycles. The van der Waals surface area contributed by atoms with Gasteiger partial charge in [0.2, 0.25) is 0 Å². The van der Waals surface area contributed by atoms with Crippen molar-refractivity contribution in [1.82, 2.24) is 0 Å². The largest absolute Gasteiger partial charge is 0.0900 e. The maximum Gasteiger partial charge on any atom is 0.0900 e. The van der Waals surface area contributed by atoms with Crippen LogP contribution in [0, 0.1) is 18.3 Å². The molecule has 1 atom stereocenters. The molecule has 0 bridgehead atoms. The van der Waals surface area contributed by atoms with Gasteiger partial charge in [-0.1, -0.05) is 27.2 Å². The fourth-order valence-corrected chi connectivity index (χ4v) is 1.74. The van der Waals surface area contributed by atoms with E-state index in [9.17, 15) is 0 Å². The van der Waals surface area contributed by atoms with E-state index in [2.05, 4.69) is 34.1 Å². The summed E-state index contributed by atoms with van der Waals surface area (Å²) in [7, 11) is 0. The highest BCUT2D eigenvalue weighted by Crippen LogP contribution is 2.21. The maximum atomic E-state index is 2.32. The summed E-state index contributed by atoms with van der Waals surface area (Å²) in [5, 5.41) is 0. The van der Waals surface area contributed by atoms with E-state index in [0.29, 0.717) is 0 Å². The molecule has 1 unspecified atom stereocenters. The van der Waals surface area contributed by atoms with Gasteiger partial charge in [-0.25, -0.2) is 0 Å². The first-order chi connectivity index (χ1) is 5.20. The molecular weight excluding hydrogens is 132 g/mol. The third kappa shape index (κ3) is 6.28. The molecule has 0 amide bonds. The molecule has 0 aliphatic heterocycles. The lowest BCUT2D eigenvalue weighted by Crippen LogP contribution is -2.04. The lowest BCUT2D eigenvalue weighted by atomic mass is 9.90. The van der Waals surface area contributed by atoms with Gasteiger partial charge < -0.3 is 0 Å². The van der Waals surface area contributed by atoms with Crippen LogP contribution in [0.3, 0.4) is 0 Å². The normalized spacial score (nSPS) is 13.5. The summed E-state index contributed by atoms with van der Waals surface area (Å²) in [6, 6.07) is 0. The first kappa shape index (κ1) is 10.9. The topological polar surface area (TPSA) is 0 Å². The number of hydrogen-bond acceptors (Lipinski definition) is 0. The molecule has 0 nitrogen and oxygen atoms in total. The first-order valence-electron chi connectivity index (χ1n) is 4.98. The van der Waals surface area contributed by atoms with Gasteiger partial charge in [0.25, 0.3) is 0 Å². The van der Waals surface area contributed by atoms with E-state index in [1.807, 2.05) is 0 Å². The second-order valence-electron chi connectivity index (χ2n) is 3.93. The van der Waals surface area contributed by atoms with Crippen molar-refractivity contribution >= 4 is 0 Å². The molecule has 0 rings (SSSR count). The van der Waals surface area contributed by atoms with Crippen LogP contribution in [0.5, 0.6) is 0 Å². The van der Waals surface area contributed by atoms with Crippen molar-refractivity contribution in [3.05, 3.63) is 6.42 Å². The second-order valence-corrected chi connectivity index (χ2v) is 3.93. The molecule has 0 aromatic rings. The minimum Gasteiger partial charge on any atom is -0.0654 e.